The van der Waals surface area contributed by atoms with Gasteiger partial charge in [-0.3, -0.25) is 9.69 Å². The standard InChI is InChI=1S/C30H31N3O4/c1-20-25(23-10-5-4-6-11-23)12-9-13-26(20)29-32-27(22(3)37-29)18-24(21(2)36-17-15-31)19-33-16-8-7-14-28(33)30(34)35/h4-6,9-13,18,28H,2,7-8,14,16-17,19H2,1,3H3,(H,34,35)/b24-18-/t28-/m0/s1. The van der Waals surface area contributed by atoms with Gasteiger partial charge in [-0.25, -0.2) is 4.98 Å². The Morgan fingerprint density at radius 2 is 1.97 bits per heavy atom. The maximum absolute atomic E-state index is 11.8. The summed E-state index contributed by atoms with van der Waals surface area (Å²) in [4.78, 5) is 18.5. The number of rotatable bonds is 9. The zero-order valence-electron chi connectivity index (χ0n) is 21.2. The molecule has 1 aromatic heterocycles. The molecule has 0 bridgehead atoms. The average molecular weight is 498 g/mol. The summed E-state index contributed by atoms with van der Waals surface area (Å²) in [6.45, 7) is 8.74. The van der Waals surface area contributed by atoms with Gasteiger partial charge in [-0.2, -0.15) is 5.26 Å². The topological polar surface area (TPSA) is 99.6 Å². The molecule has 0 saturated carbocycles. The Bertz CT molecular complexity index is 1350. The summed E-state index contributed by atoms with van der Waals surface area (Å²) in [7, 11) is 0. The molecule has 2 heterocycles. The van der Waals surface area contributed by atoms with Gasteiger partial charge in [0.25, 0.3) is 0 Å². The number of nitriles is 1. The number of hydrogen-bond acceptors (Lipinski definition) is 6. The lowest BCUT2D eigenvalue weighted by molar-refractivity contribution is -0.144. The van der Waals surface area contributed by atoms with Crippen LogP contribution >= 0.6 is 0 Å². The van der Waals surface area contributed by atoms with E-state index >= 15 is 0 Å². The predicted octanol–water partition coefficient (Wildman–Crippen LogP) is 6.00. The van der Waals surface area contributed by atoms with Crippen LogP contribution in [0.3, 0.4) is 0 Å². The molecule has 1 fully saturated rings. The summed E-state index contributed by atoms with van der Waals surface area (Å²) < 4.78 is 11.6. The number of aryl methyl sites for hydroxylation is 1. The first kappa shape index (κ1) is 25.9. The van der Waals surface area contributed by atoms with Crippen molar-refractivity contribution >= 4 is 12.0 Å². The summed E-state index contributed by atoms with van der Waals surface area (Å²) in [6, 6.07) is 17.6. The van der Waals surface area contributed by atoms with Gasteiger partial charge in [-0.05, 0) is 62.1 Å². The SMILES string of the molecule is C=C(OCC#N)/C(=C\c1nc(-c2cccc(-c3ccccc3)c2C)oc1C)CN1CCCC[C@H]1C(=O)O. The lowest BCUT2D eigenvalue weighted by Gasteiger charge is -2.33. The monoisotopic (exact) mass is 497 g/mol. The molecule has 3 aromatic rings. The normalized spacial score (nSPS) is 16.2. The first-order chi connectivity index (χ1) is 17.9. The van der Waals surface area contributed by atoms with Gasteiger partial charge in [0.1, 0.15) is 29.3 Å². The van der Waals surface area contributed by atoms with E-state index in [2.05, 4.69) is 31.7 Å². The number of aliphatic carboxylic acids is 1. The van der Waals surface area contributed by atoms with Crippen LogP contribution in [0, 0.1) is 25.2 Å². The summed E-state index contributed by atoms with van der Waals surface area (Å²) in [6.07, 6.45) is 4.22. The van der Waals surface area contributed by atoms with Crippen molar-refractivity contribution < 1.29 is 19.1 Å². The number of hydrogen-bond donors (Lipinski definition) is 1. The Morgan fingerprint density at radius 3 is 2.70 bits per heavy atom. The summed E-state index contributed by atoms with van der Waals surface area (Å²) >= 11 is 0. The zero-order valence-corrected chi connectivity index (χ0v) is 21.2. The molecular formula is C30H31N3O4. The second-order valence-corrected chi connectivity index (χ2v) is 9.16. The van der Waals surface area contributed by atoms with Crippen molar-refractivity contribution in [1.29, 1.82) is 5.26 Å². The highest BCUT2D eigenvalue weighted by molar-refractivity contribution is 5.76. The van der Waals surface area contributed by atoms with Crippen LogP contribution in [-0.4, -0.2) is 46.7 Å². The molecule has 0 unspecified atom stereocenters. The first-order valence-corrected chi connectivity index (χ1v) is 12.4. The van der Waals surface area contributed by atoms with Crippen molar-refractivity contribution in [3.63, 3.8) is 0 Å². The lowest BCUT2D eigenvalue weighted by Crippen LogP contribution is -2.45. The highest BCUT2D eigenvalue weighted by Gasteiger charge is 2.29. The first-order valence-electron chi connectivity index (χ1n) is 12.4. The fraction of sp³-hybridized carbons (Fsp3) is 0.300. The van der Waals surface area contributed by atoms with Gasteiger partial charge in [0.05, 0.1) is 0 Å². The largest absolute Gasteiger partial charge is 0.480 e. The van der Waals surface area contributed by atoms with E-state index < -0.39 is 12.0 Å². The van der Waals surface area contributed by atoms with E-state index in [-0.39, 0.29) is 6.61 Å². The van der Waals surface area contributed by atoms with E-state index in [1.165, 1.54) is 0 Å². The molecule has 190 valence electrons. The lowest BCUT2D eigenvalue weighted by atomic mass is 9.96. The van der Waals surface area contributed by atoms with Gasteiger partial charge in [-0.1, -0.05) is 55.5 Å². The second-order valence-electron chi connectivity index (χ2n) is 9.16. The van der Waals surface area contributed by atoms with Crippen molar-refractivity contribution in [2.75, 3.05) is 19.7 Å². The third-order valence-corrected chi connectivity index (χ3v) is 6.73. The molecule has 0 aliphatic carbocycles. The molecule has 37 heavy (non-hydrogen) atoms. The van der Waals surface area contributed by atoms with Crippen molar-refractivity contribution in [3.8, 4) is 28.7 Å². The number of oxazole rings is 1. The van der Waals surface area contributed by atoms with E-state index in [1.807, 2.05) is 54.3 Å². The number of ether oxygens (including phenoxy) is 1. The van der Waals surface area contributed by atoms with Crippen molar-refractivity contribution in [1.82, 2.24) is 9.88 Å². The highest BCUT2D eigenvalue weighted by atomic mass is 16.5. The number of carbonyl (C=O) groups is 1. The minimum atomic E-state index is -0.837. The number of carboxylic acid groups (broad SMARTS) is 1. The van der Waals surface area contributed by atoms with Crippen LogP contribution < -0.4 is 0 Å². The molecule has 0 spiro atoms. The maximum atomic E-state index is 11.8. The third-order valence-electron chi connectivity index (χ3n) is 6.73. The zero-order chi connectivity index (χ0) is 26.4. The van der Waals surface area contributed by atoms with Crippen LogP contribution in [0.15, 0.2) is 70.9 Å². The van der Waals surface area contributed by atoms with Crippen LogP contribution in [0.5, 0.6) is 0 Å². The number of likely N-dealkylation sites (tertiary alicyclic amines) is 1. The van der Waals surface area contributed by atoms with Crippen molar-refractivity contribution in [3.05, 3.63) is 83.5 Å². The minimum Gasteiger partial charge on any atom is -0.480 e. The molecule has 2 aromatic carbocycles. The number of carboxylic acids is 1. The fourth-order valence-electron chi connectivity index (χ4n) is 4.73. The molecule has 1 aliphatic heterocycles. The molecule has 0 radical (unpaired) electrons. The number of nitrogens with zero attached hydrogens (tertiary/aromatic N) is 3. The Kier molecular flexibility index (Phi) is 8.22. The maximum Gasteiger partial charge on any atom is 0.320 e. The molecule has 1 aliphatic rings. The summed E-state index contributed by atoms with van der Waals surface area (Å²) in [5.74, 6) is 0.612. The quantitative estimate of drug-likeness (QED) is 0.286. The molecule has 1 saturated heterocycles. The van der Waals surface area contributed by atoms with Crippen molar-refractivity contribution in [2.45, 2.75) is 39.2 Å². The van der Waals surface area contributed by atoms with E-state index in [1.54, 1.807) is 0 Å². The van der Waals surface area contributed by atoms with E-state index in [9.17, 15) is 9.90 Å². The molecule has 7 heteroatoms. The van der Waals surface area contributed by atoms with Crippen LogP contribution in [-0.2, 0) is 9.53 Å². The van der Waals surface area contributed by atoms with Gasteiger partial charge < -0.3 is 14.3 Å². The van der Waals surface area contributed by atoms with Crippen LogP contribution in [0.25, 0.3) is 28.7 Å². The number of piperidine rings is 1. The van der Waals surface area contributed by atoms with E-state index in [4.69, 9.17) is 19.4 Å². The smallest absolute Gasteiger partial charge is 0.320 e. The van der Waals surface area contributed by atoms with Gasteiger partial charge in [0.15, 0.2) is 6.61 Å². The number of benzene rings is 2. The minimum absolute atomic E-state index is 0.146. The second kappa shape index (κ2) is 11.7. The van der Waals surface area contributed by atoms with Gasteiger partial charge in [0.2, 0.25) is 5.89 Å². The molecule has 7 nitrogen and oxygen atoms in total. The predicted molar refractivity (Wildman–Crippen MR) is 142 cm³/mol. The fourth-order valence-corrected chi connectivity index (χ4v) is 4.73. The number of aromatic nitrogens is 1. The Balaban J connectivity index is 1.69. The summed E-state index contributed by atoms with van der Waals surface area (Å²) in [5.41, 5.74) is 5.46. The molecule has 1 N–H and O–H groups in total. The van der Waals surface area contributed by atoms with Gasteiger partial charge in [0, 0.05) is 17.7 Å². The van der Waals surface area contributed by atoms with Crippen LogP contribution in [0.1, 0.15) is 36.3 Å². The Labute approximate surface area is 217 Å². The van der Waals surface area contributed by atoms with Crippen LogP contribution in [0.4, 0.5) is 0 Å². The van der Waals surface area contributed by atoms with E-state index in [0.717, 1.165) is 35.1 Å². The molecule has 4 rings (SSSR count). The Hall–Kier alpha value is -4.15. The highest BCUT2D eigenvalue weighted by Crippen LogP contribution is 2.33. The van der Waals surface area contributed by atoms with Crippen molar-refractivity contribution in [2.24, 2.45) is 0 Å². The molecular weight excluding hydrogens is 466 g/mol. The van der Waals surface area contributed by atoms with E-state index in [0.29, 0.717) is 48.2 Å². The van der Waals surface area contributed by atoms with Crippen LogP contribution in [0.2, 0.25) is 0 Å². The molecule has 0 amide bonds. The Morgan fingerprint density at radius 1 is 1.22 bits per heavy atom. The summed E-state index contributed by atoms with van der Waals surface area (Å²) in [5, 5.41) is 18.7. The van der Waals surface area contributed by atoms with Gasteiger partial charge in [-0.15, -0.1) is 0 Å². The molecule has 1 atom stereocenters. The van der Waals surface area contributed by atoms with Gasteiger partial charge >= 0.3 is 5.97 Å². The third kappa shape index (κ3) is 5.99. The average Bonchev–Trinajstić information content (AvgIpc) is 3.27.